The molecule has 236 valence electrons. The number of aliphatic hydroxyl groups excluding tert-OH is 1. The van der Waals surface area contributed by atoms with Gasteiger partial charge in [-0.15, -0.1) is 0 Å². The summed E-state index contributed by atoms with van der Waals surface area (Å²) < 4.78 is 22.4. The van der Waals surface area contributed by atoms with Crippen LogP contribution in [0.5, 0.6) is 11.5 Å². The molecule has 1 aliphatic heterocycles. The third-order valence-electron chi connectivity index (χ3n) is 8.42. The van der Waals surface area contributed by atoms with Gasteiger partial charge in [0.1, 0.15) is 0 Å². The predicted molar refractivity (Wildman–Crippen MR) is 165 cm³/mol. The van der Waals surface area contributed by atoms with E-state index in [1.807, 2.05) is 6.07 Å². The molecular formula is C33H58N2O6. The Morgan fingerprint density at radius 3 is 2.32 bits per heavy atom. The SMILES string of the molecule is COCCCOc1cc(CCCCCCC(C(=O)NCCN2CCOCC2)(C(C)C)C(C)C)ccc1OCCCO. The molecule has 0 spiro atoms. The van der Waals surface area contributed by atoms with Crippen molar-refractivity contribution >= 4 is 5.91 Å². The van der Waals surface area contributed by atoms with Crippen LogP contribution in [-0.4, -0.2) is 88.8 Å². The molecule has 1 saturated heterocycles. The van der Waals surface area contributed by atoms with E-state index in [4.69, 9.17) is 24.1 Å². The molecule has 8 nitrogen and oxygen atoms in total. The molecule has 0 atom stereocenters. The van der Waals surface area contributed by atoms with E-state index in [-0.39, 0.29) is 29.8 Å². The molecule has 0 saturated carbocycles. The first-order chi connectivity index (χ1) is 19.8. The number of benzene rings is 1. The van der Waals surface area contributed by atoms with Gasteiger partial charge < -0.3 is 29.4 Å². The minimum Gasteiger partial charge on any atom is -0.490 e. The van der Waals surface area contributed by atoms with Crippen LogP contribution in [0.2, 0.25) is 0 Å². The summed E-state index contributed by atoms with van der Waals surface area (Å²) in [6.07, 6.45) is 7.70. The van der Waals surface area contributed by atoms with Crippen molar-refractivity contribution < 1.29 is 28.8 Å². The van der Waals surface area contributed by atoms with Crippen molar-refractivity contribution in [1.29, 1.82) is 0 Å². The fourth-order valence-corrected chi connectivity index (χ4v) is 5.87. The van der Waals surface area contributed by atoms with Crippen molar-refractivity contribution in [2.75, 3.05) is 72.9 Å². The molecule has 0 unspecified atom stereocenters. The van der Waals surface area contributed by atoms with Crippen molar-refractivity contribution in [3.8, 4) is 11.5 Å². The number of methoxy groups -OCH3 is 1. The summed E-state index contributed by atoms with van der Waals surface area (Å²) in [4.78, 5) is 15.9. The highest BCUT2D eigenvalue weighted by Gasteiger charge is 2.43. The number of nitrogens with zero attached hydrogens (tertiary/aromatic N) is 1. The summed E-state index contributed by atoms with van der Waals surface area (Å²) in [6, 6.07) is 6.18. The largest absolute Gasteiger partial charge is 0.490 e. The average molecular weight is 579 g/mol. The predicted octanol–water partition coefficient (Wildman–Crippen LogP) is 5.10. The lowest BCUT2D eigenvalue weighted by molar-refractivity contribution is -0.138. The first-order valence-electron chi connectivity index (χ1n) is 15.9. The summed E-state index contributed by atoms with van der Waals surface area (Å²) in [5.41, 5.74) is 0.894. The number of ether oxygens (including phenoxy) is 4. The fourth-order valence-electron chi connectivity index (χ4n) is 5.87. The Morgan fingerprint density at radius 2 is 1.63 bits per heavy atom. The molecule has 1 aromatic carbocycles. The highest BCUT2D eigenvalue weighted by molar-refractivity contribution is 5.83. The van der Waals surface area contributed by atoms with Gasteiger partial charge in [-0.2, -0.15) is 0 Å². The number of amides is 1. The highest BCUT2D eigenvalue weighted by atomic mass is 16.5. The Kier molecular flexibility index (Phi) is 17.3. The van der Waals surface area contributed by atoms with Crippen LogP contribution < -0.4 is 14.8 Å². The van der Waals surface area contributed by atoms with Crippen LogP contribution in [0.1, 0.15) is 78.2 Å². The van der Waals surface area contributed by atoms with Crippen LogP contribution in [0.25, 0.3) is 0 Å². The van der Waals surface area contributed by atoms with Crippen LogP contribution in [-0.2, 0) is 20.7 Å². The van der Waals surface area contributed by atoms with Gasteiger partial charge in [0.15, 0.2) is 11.5 Å². The number of hydrogen-bond acceptors (Lipinski definition) is 7. The van der Waals surface area contributed by atoms with Gasteiger partial charge in [-0.25, -0.2) is 0 Å². The molecule has 0 aliphatic carbocycles. The highest BCUT2D eigenvalue weighted by Crippen LogP contribution is 2.41. The number of aryl methyl sites for hydroxylation is 1. The first-order valence-corrected chi connectivity index (χ1v) is 15.9. The third-order valence-corrected chi connectivity index (χ3v) is 8.42. The Bertz CT molecular complexity index is 833. The number of rotatable bonds is 22. The standard InChI is InChI=1S/C33H58N2O6/c1-27(2)33(28(3)4,32(37)34-16-17-35-18-24-39-25-19-35)15-9-7-6-8-12-29-13-14-30(40-22-10-20-36)31(26-29)41-23-11-21-38-5/h13-14,26-28,36H,6-12,15-25H2,1-5H3,(H,34,37). The van der Waals surface area contributed by atoms with Crippen LogP contribution in [0, 0.1) is 17.3 Å². The molecular weight excluding hydrogens is 520 g/mol. The van der Waals surface area contributed by atoms with E-state index in [2.05, 4.69) is 50.0 Å². The van der Waals surface area contributed by atoms with E-state index >= 15 is 0 Å². The molecule has 0 aromatic heterocycles. The van der Waals surface area contributed by atoms with Gasteiger partial charge in [0.2, 0.25) is 5.91 Å². The molecule has 41 heavy (non-hydrogen) atoms. The zero-order chi connectivity index (χ0) is 29.9. The molecule has 1 amide bonds. The van der Waals surface area contributed by atoms with E-state index in [0.29, 0.717) is 32.8 Å². The first kappa shape index (κ1) is 35.3. The number of carbonyl (C=O) groups is 1. The summed E-state index contributed by atoms with van der Waals surface area (Å²) in [5.74, 6) is 2.27. The molecule has 8 heteroatoms. The van der Waals surface area contributed by atoms with Crippen LogP contribution in [0.3, 0.4) is 0 Å². The molecule has 2 N–H and O–H groups in total. The molecule has 0 radical (unpaired) electrons. The van der Waals surface area contributed by atoms with Crippen molar-refractivity contribution in [2.24, 2.45) is 17.3 Å². The Labute approximate surface area is 249 Å². The maximum atomic E-state index is 13.6. The normalized spacial score (nSPS) is 14.5. The molecule has 1 heterocycles. The summed E-state index contributed by atoms with van der Waals surface area (Å²) in [7, 11) is 1.69. The van der Waals surface area contributed by atoms with Crippen LogP contribution in [0.15, 0.2) is 18.2 Å². The van der Waals surface area contributed by atoms with Crippen LogP contribution >= 0.6 is 0 Å². The van der Waals surface area contributed by atoms with E-state index in [1.165, 1.54) is 5.56 Å². The van der Waals surface area contributed by atoms with Crippen molar-refractivity contribution in [2.45, 2.75) is 79.1 Å². The Balaban J connectivity index is 1.83. The maximum absolute atomic E-state index is 13.6. The number of nitrogens with one attached hydrogen (secondary N) is 1. The second-order valence-electron chi connectivity index (χ2n) is 11.9. The van der Waals surface area contributed by atoms with Gasteiger partial charge in [-0.1, -0.05) is 53.0 Å². The Hall–Kier alpha value is -1.87. The quantitative estimate of drug-likeness (QED) is 0.185. The molecule has 0 bridgehead atoms. The minimum absolute atomic E-state index is 0.108. The van der Waals surface area contributed by atoms with Crippen LogP contribution in [0.4, 0.5) is 0 Å². The molecule has 1 fully saturated rings. The monoisotopic (exact) mass is 578 g/mol. The van der Waals surface area contributed by atoms with Crippen molar-refractivity contribution in [3.63, 3.8) is 0 Å². The number of aliphatic hydroxyl groups is 1. The number of unbranched alkanes of at least 4 members (excludes halogenated alkanes) is 3. The molecule has 1 aliphatic rings. The lowest BCUT2D eigenvalue weighted by Gasteiger charge is -2.40. The van der Waals surface area contributed by atoms with Gasteiger partial charge in [0.05, 0.1) is 31.8 Å². The fraction of sp³-hybridized carbons (Fsp3) is 0.788. The zero-order valence-electron chi connectivity index (χ0n) is 26.6. The van der Waals surface area contributed by atoms with E-state index < -0.39 is 0 Å². The van der Waals surface area contributed by atoms with E-state index in [9.17, 15) is 4.79 Å². The number of carbonyl (C=O) groups excluding carboxylic acids is 1. The van der Waals surface area contributed by atoms with Crippen molar-refractivity contribution in [1.82, 2.24) is 10.2 Å². The second-order valence-corrected chi connectivity index (χ2v) is 11.9. The zero-order valence-corrected chi connectivity index (χ0v) is 26.6. The van der Waals surface area contributed by atoms with Gasteiger partial charge in [0, 0.05) is 59.3 Å². The third kappa shape index (κ3) is 12.1. The van der Waals surface area contributed by atoms with Gasteiger partial charge in [-0.3, -0.25) is 9.69 Å². The maximum Gasteiger partial charge on any atom is 0.226 e. The summed E-state index contributed by atoms with van der Waals surface area (Å²) in [5, 5.41) is 12.4. The van der Waals surface area contributed by atoms with E-state index in [1.54, 1.807) is 7.11 Å². The van der Waals surface area contributed by atoms with Gasteiger partial charge >= 0.3 is 0 Å². The molecule has 2 rings (SSSR count). The van der Waals surface area contributed by atoms with Gasteiger partial charge in [0.25, 0.3) is 0 Å². The second kappa shape index (κ2) is 20.1. The molecule has 1 aromatic rings. The number of hydrogen-bond donors (Lipinski definition) is 2. The average Bonchev–Trinajstić information content (AvgIpc) is 2.96. The lowest BCUT2D eigenvalue weighted by Crippen LogP contribution is -2.50. The lowest BCUT2D eigenvalue weighted by atomic mass is 9.65. The van der Waals surface area contributed by atoms with E-state index in [0.717, 1.165) is 89.3 Å². The summed E-state index contributed by atoms with van der Waals surface area (Å²) in [6.45, 7) is 15.6. The summed E-state index contributed by atoms with van der Waals surface area (Å²) >= 11 is 0. The topological polar surface area (TPSA) is 89.5 Å². The number of morpholine rings is 1. The van der Waals surface area contributed by atoms with Gasteiger partial charge in [-0.05, 0) is 48.8 Å². The smallest absolute Gasteiger partial charge is 0.226 e. The Morgan fingerprint density at radius 1 is 0.951 bits per heavy atom. The minimum atomic E-state index is -0.341. The van der Waals surface area contributed by atoms with Crippen molar-refractivity contribution in [3.05, 3.63) is 23.8 Å².